The minimum atomic E-state index is -0.0580. The van der Waals surface area contributed by atoms with Crippen LogP contribution in [0.4, 0.5) is 0 Å². The van der Waals surface area contributed by atoms with E-state index >= 15 is 0 Å². The van der Waals surface area contributed by atoms with Crippen molar-refractivity contribution in [1.29, 1.82) is 0 Å². The molecule has 0 saturated carbocycles. The van der Waals surface area contributed by atoms with Crippen molar-refractivity contribution in [1.82, 2.24) is 25.2 Å². The summed E-state index contributed by atoms with van der Waals surface area (Å²) >= 11 is 0. The van der Waals surface area contributed by atoms with E-state index in [9.17, 15) is 4.79 Å². The van der Waals surface area contributed by atoms with E-state index in [4.69, 9.17) is 0 Å². The number of benzene rings is 1. The van der Waals surface area contributed by atoms with E-state index < -0.39 is 0 Å². The van der Waals surface area contributed by atoms with Crippen molar-refractivity contribution in [2.45, 2.75) is 25.9 Å². The van der Waals surface area contributed by atoms with Crippen LogP contribution < -0.4 is 5.32 Å². The second kappa shape index (κ2) is 5.65. The van der Waals surface area contributed by atoms with Crippen molar-refractivity contribution in [2.24, 2.45) is 0 Å². The molecule has 6 heteroatoms. The molecule has 1 N–H and O–H groups in total. The van der Waals surface area contributed by atoms with Gasteiger partial charge in [-0.1, -0.05) is 23.4 Å². The second-order valence-corrected chi connectivity index (χ2v) is 5.56. The first-order valence-corrected chi connectivity index (χ1v) is 7.16. The lowest BCUT2D eigenvalue weighted by Gasteiger charge is -2.35. The first-order valence-electron chi connectivity index (χ1n) is 7.16. The number of carbonyl (C=O) groups is 1. The van der Waals surface area contributed by atoms with Gasteiger partial charge in [0.25, 0.3) is 5.91 Å². The van der Waals surface area contributed by atoms with Gasteiger partial charge in [-0.25, -0.2) is 4.68 Å². The molecule has 110 valence electrons. The van der Waals surface area contributed by atoms with Crippen LogP contribution in [0.15, 0.2) is 36.5 Å². The Balaban J connectivity index is 1.78. The highest BCUT2D eigenvalue weighted by Crippen LogP contribution is 2.10. The van der Waals surface area contributed by atoms with Crippen LogP contribution in [-0.2, 0) is 0 Å². The molecular weight excluding hydrogens is 266 g/mol. The molecule has 1 fully saturated rings. The Morgan fingerprint density at radius 2 is 1.86 bits per heavy atom. The van der Waals surface area contributed by atoms with Crippen molar-refractivity contribution in [3.8, 4) is 5.69 Å². The van der Waals surface area contributed by atoms with Crippen LogP contribution in [0.1, 0.15) is 24.3 Å². The molecule has 1 aliphatic heterocycles. The number of para-hydroxylation sites is 1. The smallest absolute Gasteiger partial charge is 0.276 e. The second-order valence-electron chi connectivity index (χ2n) is 5.56. The van der Waals surface area contributed by atoms with E-state index in [2.05, 4.69) is 29.5 Å². The maximum absolute atomic E-state index is 12.5. The highest BCUT2D eigenvalue weighted by Gasteiger charge is 2.27. The maximum Gasteiger partial charge on any atom is 0.276 e. The van der Waals surface area contributed by atoms with E-state index in [0.717, 1.165) is 5.69 Å². The Morgan fingerprint density at radius 3 is 2.52 bits per heavy atom. The number of nitrogens with one attached hydrogen (secondary N) is 1. The molecule has 2 atom stereocenters. The van der Waals surface area contributed by atoms with Crippen molar-refractivity contribution < 1.29 is 4.79 Å². The van der Waals surface area contributed by atoms with Gasteiger partial charge in [0.1, 0.15) is 0 Å². The first-order chi connectivity index (χ1) is 10.1. The molecule has 0 radical (unpaired) electrons. The molecule has 0 bridgehead atoms. The van der Waals surface area contributed by atoms with Crippen LogP contribution >= 0.6 is 0 Å². The van der Waals surface area contributed by atoms with Crippen molar-refractivity contribution in [3.05, 3.63) is 42.2 Å². The van der Waals surface area contributed by atoms with Gasteiger partial charge in [0, 0.05) is 25.2 Å². The van der Waals surface area contributed by atoms with Crippen LogP contribution in [0.25, 0.3) is 5.69 Å². The summed E-state index contributed by atoms with van der Waals surface area (Å²) in [5.74, 6) is -0.0580. The van der Waals surface area contributed by atoms with E-state index in [-0.39, 0.29) is 5.91 Å². The molecule has 2 heterocycles. The number of amides is 1. The normalized spacial score (nSPS) is 22.3. The number of rotatable bonds is 2. The average molecular weight is 285 g/mol. The van der Waals surface area contributed by atoms with Gasteiger partial charge >= 0.3 is 0 Å². The zero-order valence-corrected chi connectivity index (χ0v) is 12.2. The molecule has 1 aliphatic rings. The molecule has 1 aromatic carbocycles. The molecule has 0 unspecified atom stereocenters. The standard InChI is InChI=1S/C15H19N5O/c1-11-8-19(9-12(2)16-11)15(21)14-10-20(18-17-14)13-6-4-3-5-7-13/h3-7,10-12,16H,8-9H2,1-2H3/t11-,12-/m0/s1. The third-order valence-corrected chi connectivity index (χ3v) is 3.58. The number of piperazine rings is 1. The van der Waals surface area contributed by atoms with Crippen molar-refractivity contribution in [3.63, 3.8) is 0 Å². The zero-order chi connectivity index (χ0) is 14.8. The van der Waals surface area contributed by atoms with Gasteiger partial charge < -0.3 is 10.2 Å². The number of nitrogens with zero attached hydrogens (tertiary/aromatic N) is 4. The number of hydrogen-bond donors (Lipinski definition) is 1. The summed E-state index contributed by atoms with van der Waals surface area (Å²) < 4.78 is 1.63. The highest BCUT2D eigenvalue weighted by atomic mass is 16.2. The average Bonchev–Trinajstić information content (AvgIpc) is 2.96. The van der Waals surface area contributed by atoms with Crippen molar-refractivity contribution in [2.75, 3.05) is 13.1 Å². The molecule has 0 spiro atoms. The maximum atomic E-state index is 12.5. The van der Waals surface area contributed by atoms with Gasteiger partial charge in [-0.05, 0) is 26.0 Å². The lowest BCUT2D eigenvalue weighted by atomic mass is 10.1. The van der Waals surface area contributed by atoms with Crippen LogP contribution in [0.2, 0.25) is 0 Å². The highest BCUT2D eigenvalue weighted by molar-refractivity contribution is 5.92. The van der Waals surface area contributed by atoms with Gasteiger partial charge in [-0.2, -0.15) is 0 Å². The summed E-state index contributed by atoms with van der Waals surface area (Å²) in [5.41, 5.74) is 1.28. The minimum Gasteiger partial charge on any atom is -0.334 e. The summed E-state index contributed by atoms with van der Waals surface area (Å²) in [5, 5.41) is 11.5. The molecule has 6 nitrogen and oxygen atoms in total. The predicted molar refractivity (Wildman–Crippen MR) is 79.3 cm³/mol. The Hall–Kier alpha value is -2.21. The van der Waals surface area contributed by atoms with Gasteiger partial charge in [0.05, 0.1) is 11.9 Å². The lowest BCUT2D eigenvalue weighted by molar-refractivity contribution is 0.0667. The summed E-state index contributed by atoms with van der Waals surface area (Å²) in [6.45, 7) is 5.55. The van der Waals surface area contributed by atoms with E-state index in [0.29, 0.717) is 30.9 Å². The van der Waals surface area contributed by atoms with Crippen LogP contribution in [-0.4, -0.2) is 51.0 Å². The van der Waals surface area contributed by atoms with Crippen LogP contribution in [0.5, 0.6) is 0 Å². The molecule has 3 rings (SSSR count). The molecule has 2 aromatic rings. The molecule has 1 amide bonds. The lowest BCUT2D eigenvalue weighted by Crippen LogP contribution is -2.55. The SMILES string of the molecule is C[C@H]1CN(C(=O)c2cn(-c3ccccc3)nn2)C[C@H](C)N1. The van der Waals surface area contributed by atoms with Crippen LogP contribution in [0, 0.1) is 0 Å². The third kappa shape index (κ3) is 2.95. The summed E-state index contributed by atoms with van der Waals surface area (Å²) in [4.78, 5) is 14.4. The Kier molecular flexibility index (Phi) is 3.70. The van der Waals surface area contributed by atoms with Crippen molar-refractivity contribution >= 4 is 5.91 Å². The van der Waals surface area contributed by atoms with Gasteiger partial charge in [-0.3, -0.25) is 4.79 Å². The fourth-order valence-corrected chi connectivity index (χ4v) is 2.72. The Morgan fingerprint density at radius 1 is 1.19 bits per heavy atom. The van der Waals surface area contributed by atoms with E-state index in [1.165, 1.54) is 0 Å². The fourth-order valence-electron chi connectivity index (χ4n) is 2.72. The van der Waals surface area contributed by atoms with E-state index in [1.807, 2.05) is 35.2 Å². The molecular formula is C15H19N5O. The molecule has 0 aliphatic carbocycles. The molecule has 1 saturated heterocycles. The monoisotopic (exact) mass is 285 g/mol. The summed E-state index contributed by atoms with van der Waals surface area (Å²) in [7, 11) is 0. The largest absolute Gasteiger partial charge is 0.334 e. The predicted octanol–water partition coefficient (Wildman–Crippen LogP) is 1.09. The quantitative estimate of drug-likeness (QED) is 0.897. The Bertz CT molecular complexity index is 614. The fraction of sp³-hybridized carbons (Fsp3) is 0.400. The third-order valence-electron chi connectivity index (χ3n) is 3.58. The molecule has 21 heavy (non-hydrogen) atoms. The number of carbonyl (C=O) groups excluding carboxylic acids is 1. The summed E-state index contributed by atoms with van der Waals surface area (Å²) in [6, 6.07) is 10.2. The number of hydrogen-bond acceptors (Lipinski definition) is 4. The van der Waals surface area contributed by atoms with E-state index in [1.54, 1.807) is 10.9 Å². The zero-order valence-electron chi connectivity index (χ0n) is 12.2. The Labute approximate surface area is 123 Å². The minimum absolute atomic E-state index is 0.0580. The van der Waals surface area contributed by atoms with Gasteiger partial charge in [-0.15, -0.1) is 5.10 Å². The molecule has 1 aromatic heterocycles. The van der Waals surface area contributed by atoms with Gasteiger partial charge in [0.15, 0.2) is 5.69 Å². The topological polar surface area (TPSA) is 63.1 Å². The van der Waals surface area contributed by atoms with Crippen LogP contribution in [0.3, 0.4) is 0 Å². The first kappa shape index (κ1) is 13.8. The van der Waals surface area contributed by atoms with Gasteiger partial charge in [0.2, 0.25) is 0 Å². The number of aromatic nitrogens is 3. The summed E-state index contributed by atoms with van der Waals surface area (Å²) in [6.07, 6.45) is 1.69.